The minimum atomic E-state index is -0.514. The molecule has 0 aliphatic carbocycles. The number of rotatable bonds is 2. The van der Waals surface area contributed by atoms with Crippen molar-refractivity contribution >= 4 is 21.7 Å². The van der Waals surface area contributed by atoms with E-state index >= 15 is 0 Å². The van der Waals surface area contributed by atoms with Crippen LogP contribution in [0.15, 0.2) is 33.5 Å². The third-order valence-electron chi connectivity index (χ3n) is 2.62. The van der Waals surface area contributed by atoms with Crippen LogP contribution in [-0.4, -0.2) is 12.1 Å². The lowest BCUT2D eigenvalue weighted by molar-refractivity contribution is 0.416. The molecular formula is C13H10BrN3O2. The fraction of sp³-hybridized carbons (Fsp3) is 0.0769. The first-order valence-corrected chi connectivity index (χ1v) is 6.13. The minimum absolute atomic E-state index is 0.00519. The number of aromatic amines is 1. The molecule has 0 spiro atoms. The van der Waals surface area contributed by atoms with Crippen molar-refractivity contribution in [2.45, 2.75) is 0 Å². The number of nitrogens with two attached hydrogens (primary N) is 1. The molecule has 0 radical (unpaired) electrons. The molecule has 0 aliphatic heterocycles. The molecule has 0 saturated heterocycles. The van der Waals surface area contributed by atoms with Crippen molar-refractivity contribution in [3.8, 4) is 22.9 Å². The van der Waals surface area contributed by atoms with Gasteiger partial charge in [0.05, 0.1) is 7.11 Å². The zero-order valence-corrected chi connectivity index (χ0v) is 11.6. The number of ether oxygens (including phenoxy) is 1. The zero-order chi connectivity index (χ0) is 14.0. The number of methoxy groups -OCH3 is 1. The predicted octanol–water partition coefficient (Wildman–Crippen LogP) is 2.27. The number of benzene rings is 1. The number of hydrogen-bond acceptors (Lipinski definition) is 4. The predicted molar refractivity (Wildman–Crippen MR) is 75.9 cm³/mol. The van der Waals surface area contributed by atoms with Crippen LogP contribution < -0.4 is 16.0 Å². The Morgan fingerprint density at radius 2 is 2.11 bits per heavy atom. The number of halogens is 1. The monoisotopic (exact) mass is 319 g/mol. The van der Waals surface area contributed by atoms with Gasteiger partial charge in [0.1, 0.15) is 23.2 Å². The summed E-state index contributed by atoms with van der Waals surface area (Å²) in [6, 6.07) is 8.77. The van der Waals surface area contributed by atoms with Crippen LogP contribution in [0.3, 0.4) is 0 Å². The summed E-state index contributed by atoms with van der Waals surface area (Å²) in [7, 11) is 1.52. The highest BCUT2D eigenvalue weighted by Crippen LogP contribution is 2.34. The molecule has 0 fully saturated rings. The maximum absolute atomic E-state index is 11.7. The van der Waals surface area contributed by atoms with Crippen LogP contribution in [0.1, 0.15) is 5.56 Å². The average molecular weight is 320 g/mol. The summed E-state index contributed by atoms with van der Waals surface area (Å²) in [5.41, 5.74) is 6.20. The summed E-state index contributed by atoms with van der Waals surface area (Å²) < 4.78 is 6.06. The Hall–Kier alpha value is -2.26. The van der Waals surface area contributed by atoms with Gasteiger partial charge in [0.2, 0.25) is 0 Å². The summed E-state index contributed by atoms with van der Waals surface area (Å²) in [4.78, 5) is 14.1. The number of nitrogen functional groups attached to an aromatic ring is 1. The van der Waals surface area contributed by atoms with Gasteiger partial charge >= 0.3 is 0 Å². The van der Waals surface area contributed by atoms with Gasteiger partial charge in [0.25, 0.3) is 5.56 Å². The van der Waals surface area contributed by atoms with Gasteiger partial charge in [-0.05, 0) is 24.3 Å². The SMILES string of the molecule is COc1ccc(Br)cc1-c1cc(N)[nH]c(=O)c1C#N. The molecular weight excluding hydrogens is 310 g/mol. The molecule has 3 N–H and O–H groups in total. The van der Waals surface area contributed by atoms with Gasteiger partial charge in [-0.3, -0.25) is 4.79 Å². The normalized spacial score (nSPS) is 9.95. The minimum Gasteiger partial charge on any atom is -0.496 e. The lowest BCUT2D eigenvalue weighted by Gasteiger charge is -2.10. The Labute approximate surface area is 117 Å². The fourth-order valence-corrected chi connectivity index (χ4v) is 2.15. The summed E-state index contributed by atoms with van der Waals surface area (Å²) >= 11 is 3.35. The molecule has 0 unspecified atom stereocenters. The number of aromatic nitrogens is 1. The quantitative estimate of drug-likeness (QED) is 0.888. The lowest BCUT2D eigenvalue weighted by atomic mass is 10.0. The summed E-state index contributed by atoms with van der Waals surface area (Å²) in [5, 5.41) is 9.12. The van der Waals surface area contributed by atoms with Gasteiger partial charge in [-0.2, -0.15) is 5.26 Å². The van der Waals surface area contributed by atoms with E-state index in [2.05, 4.69) is 20.9 Å². The molecule has 0 aliphatic rings. The van der Waals surface area contributed by atoms with Gasteiger partial charge in [0.15, 0.2) is 0 Å². The molecule has 6 heteroatoms. The molecule has 2 aromatic rings. The second kappa shape index (κ2) is 5.16. The summed E-state index contributed by atoms with van der Waals surface area (Å²) in [6.07, 6.45) is 0. The summed E-state index contributed by atoms with van der Waals surface area (Å²) in [5.74, 6) is 0.755. The van der Waals surface area contributed by atoms with Gasteiger partial charge in [-0.1, -0.05) is 15.9 Å². The van der Waals surface area contributed by atoms with Crippen molar-refractivity contribution in [1.82, 2.24) is 4.98 Å². The first-order chi connectivity index (χ1) is 9.06. The van der Waals surface area contributed by atoms with Gasteiger partial charge in [-0.15, -0.1) is 0 Å². The highest BCUT2D eigenvalue weighted by atomic mass is 79.9. The van der Waals surface area contributed by atoms with Crippen molar-refractivity contribution in [2.24, 2.45) is 0 Å². The average Bonchev–Trinajstić information content (AvgIpc) is 2.37. The fourth-order valence-electron chi connectivity index (χ4n) is 1.79. The first kappa shape index (κ1) is 13.2. The largest absolute Gasteiger partial charge is 0.496 e. The Morgan fingerprint density at radius 3 is 2.74 bits per heavy atom. The van der Waals surface area contributed by atoms with Crippen LogP contribution in [0, 0.1) is 11.3 Å². The number of nitrogens with one attached hydrogen (secondary N) is 1. The topological polar surface area (TPSA) is 91.9 Å². The van der Waals surface area contributed by atoms with E-state index < -0.39 is 5.56 Å². The van der Waals surface area contributed by atoms with Crippen LogP contribution in [0.25, 0.3) is 11.1 Å². The smallest absolute Gasteiger partial charge is 0.268 e. The van der Waals surface area contributed by atoms with Crippen LogP contribution >= 0.6 is 15.9 Å². The van der Waals surface area contributed by atoms with E-state index in [-0.39, 0.29) is 11.4 Å². The van der Waals surface area contributed by atoms with Crippen molar-refractivity contribution in [1.29, 1.82) is 5.26 Å². The van der Waals surface area contributed by atoms with E-state index in [0.29, 0.717) is 16.9 Å². The number of nitrogens with zero attached hydrogens (tertiary/aromatic N) is 1. The second-order valence-electron chi connectivity index (χ2n) is 3.80. The van der Waals surface area contributed by atoms with E-state index in [1.165, 1.54) is 7.11 Å². The van der Waals surface area contributed by atoms with Crippen molar-refractivity contribution in [3.63, 3.8) is 0 Å². The number of anilines is 1. The Bertz CT molecular complexity index is 732. The molecule has 0 amide bonds. The number of pyridine rings is 1. The third kappa shape index (κ3) is 2.46. The molecule has 0 saturated carbocycles. The van der Waals surface area contributed by atoms with Crippen molar-refractivity contribution in [2.75, 3.05) is 12.8 Å². The molecule has 5 nitrogen and oxygen atoms in total. The maximum atomic E-state index is 11.7. The van der Waals surface area contributed by atoms with E-state index in [1.54, 1.807) is 18.2 Å². The van der Waals surface area contributed by atoms with Crippen LogP contribution in [-0.2, 0) is 0 Å². The van der Waals surface area contributed by atoms with E-state index in [1.807, 2.05) is 12.1 Å². The number of H-pyrrole nitrogens is 1. The summed E-state index contributed by atoms with van der Waals surface area (Å²) in [6.45, 7) is 0. The Balaban J connectivity index is 2.82. The van der Waals surface area contributed by atoms with Crippen LogP contribution in [0.2, 0.25) is 0 Å². The molecule has 0 atom stereocenters. The molecule has 96 valence electrons. The lowest BCUT2D eigenvalue weighted by Crippen LogP contribution is -2.13. The van der Waals surface area contributed by atoms with Crippen LogP contribution in [0.5, 0.6) is 5.75 Å². The van der Waals surface area contributed by atoms with Crippen molar-refractivity contribution < 1.29 is 4.74 Å². The number of hydrogen-bond donors (Lipinski definition) is 2. The molecule has 0 bridgehead atoms. The maximum Gasteiger partial charge on any atom is 0.268 e. The third-order valence-corrected chi connectivity index (χ3v) is 3.11. The Morgan fingerprint density at radius 1 is 1.37 bits per heavy atom. The van der Waals surface area contributed by atoms with E-state index in [4.69, 9.17) is 15.7 Å². The highest BCUT2D eigenvalue weighted by Gasteiger charge is 2.14. The van der Waals surface area contributed by atoms with Crippen molar-refractivity contribution in [3.05, 3.63) is 44.7 Å². The molecule has 1 heterocycles. The highest BCUT2D eigenvalue weighted by molar-refractivity contribution is 9.10. The van der Waals surface area contributed by atoms with E-state index in [9.17, 15) is 4.79 Å². The molecule has 1 aromatic heterocycles. The molecule has 19 heavy (non-hydrogen) atoms. The molecule has 1 aromatic carbocycles. The first-order valence-electron chi connectivity index (χ1n) is 5.33. The van der Waals surface area contributed by atoms with Crippen LogP contribution in [0.4, 0.5) is 5.82 Å². The number of nitriles is 1. The van der Waals surface area contributed by atoms with E-state index in [0.717, 1.165) is 4.47 Å². The van der Waals surface area contributed by atoms with Gasteiger partial charge in [-0.25, -0.2) is 0 Å². The zero-order valence-electron chi connectivity index (χ0n) is 10.0. The van der Waals surface area contributed by atoms with Gasteiger partial charge in [0, 0.05) is 15.6 Å². The second-order valence-corrected chi connectivity index (χ2v) is 4.71. The molecule has 2 rings (SSSR count). The van der Waals surface area contributed by atoms with Gasteiger partial charge < -0.3 is 15.5 Å². The Kier molecular flexibility index (Phi) is 3.58. The standard InChI is InChI=1S/C13H10BrN3O2/c1-19-11-3-2-7(14)4-9(11)8-5-12(16)17-13(18)10(8)6-15/h2-5H,1H3,(H3,16,17,18).